The first-order valence-corrected chi connectivity index (χ1v) is 13.7. The molecule has 2 aliphatic heterocycles. The summed E-state index contributed by atoms with van der Waals surface area (Å²) in [7, 11) is 1.88. The molecule has 2 aromatic rings. The molecule has 1 saturated heterocycles. The lowest BCUT2D eigenvalue weighted by molar-refractivity contribution is -0.126. The first-order valence-electron chi connectivity index (χ1n) is 13.7. The molecular weight excluding hydrogens is 480 g/mol. The number of carbonyl (C=O) groups is 2. The average Bonchev–Trinajstić information content (AvgIpc) is 3.63. The summed E-state index contributed by atoms with van der Waals surface area (Å²) >= 11 is 0. The lowest BCUT2D eigenvalue weighted by Gasteiger charge is -2.30. The zero-order valence-electron chi connectivity index (χ0n) is 22.6. The molecule has 9 nitrogen and oxygen atoms in total. The summed E-state index contributed by atoms with van der Waals surface area (Å²) in [4.78, 5) is 39.2. The fourth-order valence-corrected chi connectivity index (χ4v) is 5.53. The highest BCUT2D eigenvalue weighted by atomic mass is 16.6. The van der Waals surface area contributed by atoms with Gasteiger partial charge in [0, 0.05) is 45.0 Å². The third-order valence-electron chi connectivity index (χ3n) is 8.11. The molecule has 38 heavy (non-hydrogen) atoms. The van der Waals surface area contributed by atoms with E-state index in [1.165, 1.54) is 29.4 Å². The molecule has 0 spiro atoms. The van der Waals surface area contributed by atoms with Gasteiger partial charge in [0.1, 0.15) is 12.4 Å². The SMILES string of the molecule is C=CC(=O)N(C)[C@@H]1CCN(C(CC2CC2)c2ccc([C@H](C)Nc3ncc4c(n3)N(CC)C(=O)OC4)cc2)C1. The summed E-state index contributed by atoms with van der Waals surface area (Å²) in [5.41, 5.74) is 3.27. The van der Waals surface area contributed by atoms with Gasteiger partial charge in [0.25, 0.3) is 0 Å². The zero-order valence-corrected chi connectivity index (χ0v) is 22.6. The summed E-state index contributed by atoms with van der Waals surface area (Å²) in [5.74, 6) is 1.89. The number of nitrogens with zero attached hydrogens (tertiary/aromatic N) is 5. The van der Waals surface area contributed by atoms with Crippen molar-refractivity contribution in [3.63, 3.8) is 0 Å². The highest BCUT2D eigenvalue weighted by molar-refractivity contribution is 5.89. The Morgan fingerprint density at radius 1 is 1.26 bits per heavy atom. The minimum atomic E-state index is -0.377. The van der Waals surface area contributed by atoms with Crippen LogP contribution in [0.4, 0.5) is 16.6 Å². The van der Waals surface area contributed by atoms with Gasteiger partial charge in [0.2, 0.25) is 11.9 Å². The van der Waals surface area contributed by atoms with Crippen molar-refractivity contribution in [2.75, 3.05) is 36.9 Å². The Bertz CT molecular complexity index is 1180. The third kappa shape index (κ3) is 5.53. The van der Waals surface area contributed by atoms with Gasteiger partial charge in [-0.05, 0) is 49.8 Å². The molecule has 202 valence electrons. The molecule has 3 heterocycles. The number of aromatic nitrogens is 2. The van der Waals surface area contributed by atoms with Crippen molar-refractivity contribution in [3.05, 3.63) is 59.8 Å². The average molecular weight is 519 g/mol. The van der Waals surface area contributed by atoms with Crippen LogP contribution in [0.15, 0.2) is 43.1 Å². The second-order valence-electron chi connectivity index (χ2n) is 10.7. The van der Waals surface area contributed by atoms with Crippen LogP contribution < -0.4 is 10.2 Å². The largest absolute Gasteiger partial charge is 0.444 e. The molecule has 1 unspecified atom stereocenters. The number of benzene rings is 1. The van der Waals surface area contributed by atoms with Crippen molar-refractivity contribution < 1.29 is 14.3 Å². The van der Waals surface area contributed by atoms with E-state index in [2.05, 4.69) is 58.0 Å². The van der Waals surface area contributed by atoms with Crippen molar-refractivity contribution >= 4 is 23.8 Å². The lowest BCUT2D eigenvalue weighted by atomic mass is 9.97. The molecule has 9 heteroatoms. The van der Waals surface area contributed by atoms with E-state index in [0.717, 1.165) is 43.0 Å². The number of likely N-dealkylation sites (tertiary alicyclic amines) is 1. The zero-order chi connectivity index (χ0) is 26.8. The number of nitrogens with one attached hydrogen (secondary N) is 1. The van der Waals surface area contributed by atoms with Crippen LogP contribution >= 0.6 is 0 Å². The van der Waals surface area contributed by atoms with Crippen molar-refractivity contribution in [1.82, 2.24) is 19.8 Å². The highest BCUT2D eigenvalue weighted by Crippen LogP contribution is 2.41. The van der Waals surface area contributed by atoms with Gasteiger partial charge in [-0.15, -0.1) is 0 Å². The van der Waals surface area contributed by atoms with Crippen LogP contribution in [-0.2, 0) is 16.1 Å². The summed E-state index contributed by atoms with van der Waals surface area (Å²) in [6, 6.07) is 9.44. The Kier molecular flexibility index (Phi) is 7.65. The number of cyclic esters (lactones) is 1. The molecule has 2 amide bonds. The highest BCUT2D eigenvalue weighted by Gasteiger charge is 2.35. The van der Waals surface area contributed by atoms with E-state index < -0.39 is 0 Å². The van der Waals surface area contributed by atoms with Gasteiger partial charge in [-0.2, -0.15) is 4.98 Å². The quantitative estimate of drug-likeness (QED) is 0.457. The van der Waals surface area contributed by atoms with E-state index in [-0.39, 0.29) is 30.7 Å². The Morgan fingerprint density at radius 2 is 2.00 bits per heavy atom. The van der Waals surface area contributed by atoms with E-state index in [4.69, 9.17) is 4.74 Å². The van der Waals surface area contributed by atoms with E-state index in [9.17, 15) is 9.59 Å². The van der Waals surface area contributed by atoms with Gasteiger partial charge in [0.05, 0.1) is 11.6 Å². The standard InChI is InChI=1S/C29H38N6O3/c1-5-26(36)33(4)24-13-14-34(17-24)25(15-20-7-8-20)22-11-9-21(10-12-22)19(3)31-28-30-16-23-18-38-29(37)35(6-2)27(23)32-28/h5,9-12,16,19-20,24-25H,1,6-8,13-15,17-18H2,2-4H3,(H,30,31,32)/t19-,24+,25?/m0/s1. The molecule has 5 rings (SSSR count). The van der Waals surface area contributed by atoms with Crippen LogP contribution in [0.5, 0.6) is 0 Å². The Labute approximate surface area is 224 Å². The Balaban J connectivity index is 1.27. The first-order chi connectivity index (χ1) is 18.4. The Morgan fingerprint density at radius 3 is 2.68 bits per heavy atom. The minimum Gasteiger partial charge on any atom is -0.444 e. The van der Waals surface area contributed by atoms with Crippen molar-refractivity contribution in [1.29, 1.82) is 0 Å². The van der Waals surface area contributed by atoms with Crippen LogP contribution in [0.2, 0.25) is 0 Å². The number of likely N-dealkylation sites (N-methyl/N-ethyl adjacent to an activating group) is 1. The van der Waals surface area contributed by atoms with Crippen molar-refractivity contribution in [2.24, 2.45) is 5.92 Å². The van der Waals surface area contributed by atoms with Crippen LogP contribution in [0, 0.1) is 5.92 Å². The third-order valence-corrected chi connectivity index (χ3v) is 8.11. The van der Waals surface area contributed by atoms with E-state index in [1.54, 1.807) is 6.20 Å². The summed E-state index contributed by atoms with van der Waals surface area (Å²) in [6.45, 7) is 10.2. The number of fused-ring (bicyclic) bond motifs is 1. The molecule has 1 aromatic heterocycles. The maximum Gasteiger partial charge on any atom is 0.415 e. The number of carbonyl (C=O) groups excluding carboxylic acids is 2. The minimum absolute atomic E-state index is 0.00771. The molecule has 0 radical (unpaired) electrons. The van der Waals surface area contributed by atoms with Gasteiger partial charge < -0.3 is 15.0 Å². The number of hydrogen-bond acceptors (Lipinski definition) is 7. The predicted molar refractivity (Wildman–Crippen MR) is 147 cm³/mol. The molecule has 1 saturated carbocycles. The summed E-state index contributed by atoms with van der Waals surface area (Å²) < 4.78 is 5.19. The van der Waals surface area contributed by atoms with Gasteiger partial charge >= 0.3 is 6.09 Å². The molecule has 1 aliphatic carbocycles. The van der Waals surface area contributed by atoms with Gasteiger partial charge in [-0.25, -0.2) is 9.78 Å². The second-order valence-corrected chi connectivity index (χ2v) is 10.7. The van der Waals surface area contributed by atoms with E-state index >= 15 is 0 Å². The maximum absolute atomic E-state index is 12.1. The first kappa shape index (κ1) is 26.2. The van der Waals surface area contributed by atoms with Crippen molar-refractivity contribution in [3.8, 4) is 0 Å². The van der Waals surface area contributed by atoms with Gasteiger partial charge in [-0.3, -0.25) is 14.6 Å². The Hall–Kier alpha value is -3.46. The smallest absolute Gasteiger partial charge is 0.415 e. The van der Waals surface area contributed by atoms with Crippen LogP contribution in [0.3, 0.4) is 0 Å². The normalized spacial score (nSPS) is 20.9. The maximum atomic E-state index is 12.1. The molecule has 3 aliphatic rings. The van der Waals surface area contributed by atoms with Crippen LogP contribution in [0.25, 0.3) is 0 Å². The van der Waals surface area contributed by atoms with Gasteiger partial charge in [0.15, 0.2) is 0 Å². The molecule has 3 atom stereocenters. The molecule has 1 N–H and O–H groups in total. The lowest BCUT2D eigenvalue weighted by Crippen LogP contribution is -2.38. The second kappa shape index (κ2) is 11.1. The van der Waals surface area contributed by atoms with Crippen molar-refractivity contribution in [2.45, 2.75) is 64.3 Å². The van der Waals surface area contributed by atoms with Crippen LogP contribution in [0.1, 0.15) is 68.3 Å². The summed E-state index contributed by atoms with van der Waals surface area (Å²) in [5, 5.41) is 3.39. The summed E-state index contributed by atoms with van der Waals surface area (Å²) in [6.07, 6.45) is 7.54. The van der Waals surface area contributed by atoms with E-state index in [0.29, 0.717) is 24.4 Å². The molecule has 0 bridgehead atoms. The monoisotopic (exact) mass is 518 g/mol. The van der Waals surface area contributed by atoms with Crippen LogP contribution in [-0.4, -0.2) is 64.5 Å². The predicted octanol–water partition coefficient (Wildman–Crippen LogP) is 4.69. The number of rotatable bonds is 10. The van der Waals surface area contributed by atoms with E-state index in [1.807, 2.05) is 18.9 Å². The topological polar surface area (TPSA) is 90.9 Å². The molecular formula is C29H38N6O3. The number of amides is 2. The van der Waals surface area contributed by atoms with Gasteiger partial charge in [-0.1, -0.05) is 43.7 Å². The number of hydrogen-bond donors (Lipinski definition) is 1. The number of ether oxygens (including phenoxy) is 1. The fourth-order valence-electron chi connectivity index (χ4n) is 5.53. The molecule has 2 fully saturated rings. The molecule has 1 aromatic carbocycles. The number of anilines is 2. The fraction of sp³-hybridized carbons (Fsp3) is 0.517.